The molecule has 1 heterocycles. The molecular weight excluding hydrogens is 528 g/mol. The van der Waals surface area contributed by atoms with Gasteiger partial charge in [-0.2, -0.15) is 0 Å². The summed E-state index contributed by atoms with van der Waals surface area (Å²) in [7, 11) is 0. The van der Waals surface area contributed by atoms with Crippen molar-refractivity contribution in [3.05, 3.63) is 95.6 Å². The number of rotatable bonds is 10. The Labute approximate surface area is 224 Å². The summed E-state index contributed by atoms with van der Waals surface area (Å²) < 4.78 is 17.4. The van der Waals surface area contributed by atoms with Gasteiger partial charge in [0.2, 0.25) is 0 Å². The fourth-order valence-electron chi connectivity index (χ4n) is 4.73. The highest BCUT2D eigenvalue weighted by Gasteiger charge is 2.40. The molecule has 1 fully saturated rings. The second-order valence-electron chi connectivity index (χ2n) is 8.64. The zero-order valence-corrected chi connectivity index (χ0v) is 22.5. The Morgan fingerprint density at radius 3 is 2.11 bits per heavy atom. The highest BCUT2D eigenvalue weighted by atomic mass is 79.9. The van der Waals surface area contributed by atoms with Crippen LogP contribution in [0.4, 0.5) is 0 Å². The van der Waals surface area contributed by atoms with Crippen molar-refractivity contribution in [3.8, 4) is 11.5 Å². The minimum Gasteiger partial charge on any atom is -0.492 e. The predicted octanol–water partition coefficient (Wildman–Crippen LogP) is 7.22. The molecule has 3 aromatic rings. The van der Waals surface area contributed by atoms with E-state index >= 15 is 0 Å². The second-order valence-corrected chi connectivity index (χ2v) is 9.02. The number of aliphatic hydroxyl groups is 1. The van der Waals surface area contributed by atoms with Crippen molar-refractivity contribution >= 4 is 28.6 Å². The van der Waals surface area contributed by atoms with Crippen LogP contribution in [-0.2, 0) is 10.3 Å². The third-order valence-corrected chi connectivity index (χ3v) is 6.61. The molecule has 1 N–H and O–H groups in total. The highest BCUT2D eigenvalue weighted by Crippen LogP contribution is 2.45. The van der Waals surface area contributed by atoms with E-state index in [1.165, 1.54) is 0 Å². The zero-order valence-electron chi connectivity index (χ0n) is 20.1. The Morgan fingerprint density at radius 2 is 1.57 bits per heavy atom. The Balaban J connectivity index is 0.00000342. The van der Waals surface area contributed by atoms with Gasteiger partial charge >= 0.3 is 0 Å². The fourth-order valence-corrected chi connectivity index (χ4v) is 4.81. The summed E-state index contributed by atoms with van der Waals surface area (Å²) in [4.78, 5) is 0. The molecule has 3 atom stereocenters. The van der Waals surface area contributed by atoms with Crippen LogP contribution in [0, 0.1) is 0 Å². The van der Waals surface area contributed by atoms with Crippen LogP contribution < -0.4 is 9.47 Å². The minimum absolute atomic E-state index is 0. The van der Waals surface area contributed by atoms with E-state index in [9.17, 15) is 5.11 Å². The molecule has 4 nitrogen and oxygen atoms in total. The smallest absolute Gasteiger partial charge is 0.199 e. The average molecular weight is 562 g/mol. The molecule has 0 radical (unpaired) electrons. The predicted molar refractivity (Wildman–Crippen MR) is 146 cm³/mol. The van der Waals surface area contributed by atoms with Gasteiger partial charge in [0.1, 0.15) is 23.7 Å². The van der Waals surface area contributed by atoms with Crippen molar-refractivity contribution in [2.75, 3.05) is 19.1 Å². The van der Waals surface area contributed by atoms with Gasteiger partial charge in [-0.05, 0) is 60.2 Å². The van der Waals surface area contributed by atoms with Crippen LogP contribution in [0.1, 0.15) is 55.2 Å². The van der Waals surface area contributed by atoms with E-state index in [1.54, 1.807) is 0 Å². The summed E-state index contributed by atoms with van der Waals surface area (Å²) in [5, 5.41) is 12.4. The molecule has 0 aromatic heterocycles. The average Bonchev–Trinajstić information content (AvgIpc) is 2.90. The van der Waals surface area contributed by atoms with Crippen LogP contribution in [0.25, 0.3) is 0 Å². The SMILES string of the molecule is Br.CCC(c1ccccc1)C(O)(c1ccc(OCCCl)cc1)c1ccc(OC2CCCCO2)cc1. The summed E-state index contributed by atoms with van der Waals surface area (Å²) in [6, 6.07) is 25.6. The summed E-state index contributed by atoms with van der Waals surface area (Å²) in [6.45, 7) is 3.29. The maximum absolute atomic E-state index is 12.4. The Hall–Kier alpha value is -2.05. The number of alkyl halides is 1. The Morgan fingerprint density at radius 1 is 0.943 bits per heavy atom. The third-order valence-electron chi connectivity index (χ3n) is 6.45. The van der Waals surface area contributed by atoms with E-state index in [2.05, 4.69) is 19.1 Å². The van der Waals surface area contributed by atoms with Crippen LogP contribution in [-0.4, -0.2) is 30.5 Å². The van der Waals surface area contributed by atoms with E-state index in [-0.39, 0.29) is 29.2 Å². The largest absolute Gasteiger partial charge is 0.492 e. The molecule has 0 spiro atoms. The van der Waals surface area contributed by atoms with Gasteiger partial charge < -0.3 is 19.3 Å². The van der Waals surface area contributed by atoms with Crippen LogP contribution >= 0.6 is 28.6 Å². The molecule has 0 saturated carbocycles. The monoisotopic (exact) mass is 560 g/mol. The fraction of sp³-hybridized carbons (Fsp3) is 0.379. The summed E-state index contributed by atoms with van der Waals surface area (Å²) in [6.07, 6.45) is 3.66. The lowest BCUT2D eigenvalue weighted by Gasteiger charge is -2.37. The van der Waals surface area contributed by atoms with Crippen molar-refractivity contribution in [2.24, 2.45) is 0 Å². The van der Waals surface area contributed by atoms with E-state index in [0.29, 0.717) is 12.5 Å². The molecule has 0 bridgehead atoms. The topological polar surface area (TPSA) is 47.9 Å². The lowest BCUT2D eigenvalue weighted by molar-refractivity contribution is -0.105. The van der Waals surface area contributed by atoms with Crippen molar-refractivity contribution in [3.63, 3.8) is 0 Å². The Bertz CT molecular complexity index is 1010. The molecule has 188 valence electrons. The van der Waals surface area contributed by atoms with Gasteiger partial charge in [-0.1, -0.05) is 61.5 Å². The van der Waals surface area contributed by atoms with Gasteiger partial charge in [-0.25, -0.2) is 0 Å². The third kappa shape index (κ3) is 6.59. The van der Waals surface area contributed by atoms with Crippen molar-refractivity contribution in [2.45, 2.75) is 50.4 Å². The first kappa shape index (κ1) is 27.5. The van der Waals surface area contributed by atoms with E-state index in [0.717, 1.165) is 60.5 Å². The number of hydrogen-bond acceptors (Lipinski definition) is 4. The first-order chi connectivity index (χ1) is 16.6. The number of hydrogen-bond donors (Lipinski definition) is 1. The summed E-state index contributed by atoms with van der Waals surface area (Å²) >= 11 is 5.75. The molecule has 35 heavy (non-hydrogen) atoms. The van der Waals surface area contributed by atoms with E-state index < -0.39 is 5.60 Å². The van der Waals surface area contributed by atoms with E-state index in [1.807, 2.05) is 66.7 Å². The standard InChI is InChI=1S/C29H33ClO4.BrH/c1-2-27(22-8-4-3-5-9-22)29(31,23-11-15-25(16-12-23)32-21-19-30)24-13-17-26(18-14-24)34-28-10-6-7-20-33-28;/h3-5,8-9,11-18,27-28,31H,2,6-7,10,19-21H2,1H3;1H. The van der Waals surface area contributed by atoms with Gasteiger partial charge in [0.05, 0.1) is 12.5 Å². The van der Waals surface area contributed by atoms with Crippen LogP contribution in [0.5, 0.6) is 11.5 Å². The molecule has 0 amide bonds. The molecule has 4 rings (SSSR count). The molecule has 0 aliphatic carbocycles. The first-order valence-electron chi connectivity index (χ1n) is 12.1. The Kier molecular flexibility index (Phi) is 10.5. The number of benzene rings is 3. The molecule has 3 aromatic carbocycles. The molecule has 1 aliphatic rings. The number of ether oxygens (including phenoxy) is 3. The van der Waals surface area contributed by atoms with E-state index in [4.69, 9.17) is 25.8 Å². The van der Waals surface area contributed by atoms with Crippen LogP contribution in [0.3, 0.4) is 0 Å². The molecular formula is C29H34BrClO4. The molecule has 1 aliphatic heterocycles. The zero-order chi connectivity index (χ0) is 23.8. The van der Waals surface area contributed by atoms with Gasteiger partial charge in [-0.3, -0.25) is 0 Å². The molecule has 6 heteroatoms. The van der Waals surface area contributed by atoms with Gasteiger partial charge in [0, 0.05) is 12.3 Å². The highest BCUT2D eigenvalue weighted by molar-refractivity contribution is 8.93. The first-order valence-corrected chi connectivity index (χ1v) is 12.6. The lowest BCUT2D eigenvalue weighted by Crippen LogP contribution is -2.35. The van der Waals surface area contributed by atoms with Gasteiger partial charge in [-0.15, -0.1) is 28.6 Å². The van der Waals surface area contributed by atoms with Gasteiger partial charge in [0.15, 0.2) is 6.29 Å². The maximum Gasteiger partial charge on any atom is 0.199 e. The molecule has 1 saturated heterocycles. The van der Waals surface area contributed by atoms with Crippen molar-refractivity contribution in [1.29, 1.82) is 0 Å². The summed E-state index contributed by atoms with van der Waals surface area (Å²) in [5.74, 6) is 1.76. The summed E-state index contributed by atoms with van der Waals surface area (Å²) in [5.41, 5.74) is 1.48. The van der Waals surface area contributed by atoms with Crippen LogP contribution in [0.2, 0.25) is 0 Å². The minimum atomic E-state index is -1.24. The lowest BCUT2D eigenvalue weighted by atomic mass is 9.72. The quantitative estimate of drug-likeness (QED) is 0.266. The normalized spacial score (nSPS) is 18.1. The van der Waals surface area contributed by atoms with Crippen LogP contribution in [0.15, 0.2) is 78.9 Å². The molecule has 3 unspecified atom stereocenters. The second kappa shape index (κ2) is 13.3. The maximum atomic E-state index is 12.4. The number of halogens is 2. The van der Waals surface area contributed by atoms with Crippen molar-refractivity contribution < 1.29 is 19.3 Å². The van der Waals surface area contributed by atoms with Crippen molar-refractivity contribution in [1.82, 2.24) is 0 Å². The van der Waals surface area contributed by atoms with Gasteiger partial charge in [0.25, 0.3) is 0 Å².